The molecule has 31 heavy (non-hydrogen) atoms. The largest absolute Gasteiger partial charge is 0.364 e. The molecule has 2 aromatic rings. The first-order valence-electron chi connectivity index (χ1n) is 10.3. The van der Waals surface area contributed by atoms with Gasteiger partial charge in [-0.2, -0.15) is 0 Å². The van der Waals surface area contributed by atoms with Gasteiger partial charge in [-0.3, -0.25) is 10.1 Å². The fourth-order valence-corrected chi connectivity index (χ4v) is 6.05. The number of hydrogen-bond acceptors (Lipinski definition) is 5. The lowest BCUT2D eigenvalue weighted by Gasteiger charge is -2.34. The van der Waals surface area contributed by atoms with Crippen LogP contribution in [0.5, 0.6) is 0 Å². The van der Waals surface area contributed by atoms with Crippen LogP contribution in [0.3, 0.4) is 0 Å². The highest BCUT2D eigenvalue weighted by Crippen LogP contribution is 2.43. The van der Waals surface area contributed by atoms with Crippen LogP contribution in [0.1, 0.15) is 49.8 Å². The molecule has 0 aliphatic carbocycles. The predicted molar refractivity (Wildman–Crippen MR) is 129 cm³/mol. The summed E-state index contributed by atoms with van der Waals surface area (Å²) in [7, 11) is -3.80. The Labute approximate surface area is 196 Å². The standard InChI is InChI=1S/C23H26INO5S/c1-3-4-5-18-14-20(15-24)30-22(17-8-10-19(11-9-17)25(26)27)23(18)31(28,29)21-12-6-16(2)7-13-21/h6-13,20,22H,3-5,14-15H2,1-2H3/t20-,22-/m1/s1. The fraction of sp³-hybridized carbons (Fsp3) is 0.391. The van der Waals surface area contributed by atoms with Crippen molar-refractivity contribution in [2.24, 2.45) is 0 Å². The molecule has 0 amide bonds. The number of non-ortho nitro benzene ring substituents is 1. The van der Waals surface area contributed by atoms with Gasteiger partial charge in [0.25, 0.3) is 5.69 Å². The Morgan fingerprint density at radius 1 is 1.13 bits per heavy atom. The zero-order valence-corrected chi connectivity index (χ0v) is 20.6. The first-order chi connectivity index (χ1) is 14.8. The zero-order chi connectivity index (χ0) is 22.6. The molecule has 0 N–H and O–H groups in total. The maximum Gasteiger partial charge on any atom is 0.269 e. The average molecular weight is 555 g/mol. The minimum Gasteiger partial charge on any atom is -0.364 e. The van der Waals surface area contributed by atoms with E-state index in [0.29, 0.717) is 23.3 Å². The minimum absolute atomic E-state index is 0.0388. The van der Waals surface area contributed by atoms with E-state index < -0.39 is 20.9 Å². The fourth-order valence-electron chi connectivity index (χ4n) is 3.75. The Morgan fingerprint density at radius 3 is 2.32 bits per heavy atom. The molecule has 1 aliphatic heterocycles. The zero-order valence-electron chi connectivity index (χ0n) is 17.6. The first kappa shape index (κ1) is 23.9. The van der Waals surface area contributed by atoms with Gasteiger partial charge >= 0.3 is 0 Å². The van der Waals surface area contributed by atoms with Gasteiger partial charge in [-0.05, 0) is 61.6 Å². The number of ether oxygens (including phenoxy) is 1. The third kappa shape index (κ3) is 5.35. The van der Waals surface area contributed by atoms with Crippen molar-refractivity contribution in [3.8, 4) is 0 Å². The van der Waals surface area contributed by atoms with E-state index in [4.69, 9.17) is 4.74 Å². The minimum atomic E-state index is -3.80. The SMILES string of the molecule is CCCCC1=C(S(=O)(=O)c2ccc(C)cc2)[C@@H](c2ccc([N+](=O)[O-])cc2)O[C@@H](CI)C1. The Balaban J connectivity index is 2.17. The number of nitro benzene ring substituents is 1. The lowest BCUT2D eigenvalue weighted by atomic mass is 9.95. The van der Waals surface area contributed by atoms with E-state index in [2.05, 4.69) is 29.5 Å². The van der Waals surface area contributed by atoms with Crippen LogP contribution in [0.25, 0.3) is 0 Å². The number of rotatable bonds is 8. The summed E-state index contributed by atoms with van der Waals surface area (Å²) in [4.78, 5) is 11.1. The number of sulfone groups is 1. The molecule has 3 rings (SSSR count). The van der Waals surface area contributed by atoms with Crippen molar-refractivity contribution in [3.63, 3.8) is 0 Å². The third-order valence-electron chi connectivity index (χ3n) is 5.42. The molecule has 0 saturated carbocycles. The predicted octanol–water partition coefficient (Wildman–Crippen LogP) is 6.09. The van der Waals surface area contributed by atoms with E-state index in [9.17, 15) is 18.5 Å². The van der Waals surface area contributed by atoms with Crippen LogP contribution in [0.2, 0.25) is 0 Å². The highest BCUT2D eigenvalue weighted by atomic mass is 127. The Hall–Kier alpha value is -1.78. The molecule has 0 aromatic heterocycles. The van der Waals surface area contributed by atoms with Crippen LogP contribution in [0.4, 0.5) is 5.69 Å². The Kier molecular flexibility index (Phi) is 7.87. The van der Waals surface area contributed by atoms with Crippen molar-refractivity contribution in [2.45, 2.75) is 56.6 Å². The van der Waals surface area contributed by atoms with Crippen LogP contribution in [-0.2, 0) is 14.6 Å². The summed E-state index contributed by atoms with van der Waals surface area (Å²) < 4.78 is 34.5. The maximum atomic E-state index is 13.8. The molecule has 0 unspecified atom stereocenters. The number of benzene rings is 2. The van der Waals surface area contributed by atoms with Gasteiger partial charge in [0.2, 0.25) is 9.84 Å². The third-order valence-corrected chi connectivity index (χ3v) is 8.38. The van der Waals surface area contributed by atoms with Crippen molar-refractivity contribution >= 4 is 38.1 Å². The van der Waals surface area contributed by atoms with Crippen molar-refractivity contribution in [3.05, 3.63) is 80.3 Å². The molecule has 0 radical (unpaired) electrons. The number of unbranched alkanes of at least 4 members (excludes halogenated alkanes) is 1. The highest BCUT2D eigenvalue weighted by molar-refractivity contribution is 14.1. The molecule has 2 aromatic carbocycles. The molecule has 2 atom stereocenters. The number of nitro groups is 1. The second kappa shape index (κ2) is 10.2. The lowest BCUT2D eigenvalue weighted by Crippen LogP contribution is -2.30. The van der Waals surface area contributed by atoms with Gasteiger partial charge in [0, 0.05) is 16.6 Å². The number of alkyl halides is 1. The molecule has 0 spiro atoms. The summed E-state index contributed by atoms with van der Waals surface area (Å²) >= 11 is 2.25. The van der Waals surface area contributed by atoms with Gasteiger partial charge < -0.3 is 4.74 Å². The summed E-state index contributed by atoms with van der Waals surface area (Å²) in [6.07, 6.45) is 2.23. The van der Waals surface area contributed by atoms with Gasteiger partial charge in [0.1, 0.15) is 6.10 Å². The molecule has 166 valence electrons. The topological polar surface area (TPSA) is 86.5 Å². The number of halogens is 1. The molecule has 1 aliphatic rings. The monoisotopic (exact) mass is 555 g/mol. The van der Waals surface area contributed by atoms with Gasteiger partial charge in [0.15, 0.2) is 0 Å². The molecule has 0 fully saturated rings. The van der Waals surface area contributed by atoms with Crippen molar-refractivity contribution in [2.75, 3.05) is 4.43 Å². The summed E-state index contributed by atoms with van der Waals surface area (Å²) in [6, 6.07) is 12.8. The first-order valence-corrected chi connectivity index (χ1v) is 13.3. The molecule has 0 saturated heterocycles. The van der Waals surface area contributed by atoms with E-state index in [0.717, 1.165) is 28.4 Å². The summed E-state index contributed by atoms with van der Waals surface area (Å²) in [5, 5.41) is 11.1. The second-order valence-corrected chi connectivity index (χ2v) is 10.5. The van der Waals surface area contributed by atoms with Crippen LogP contribution < -0.4 is 0 Å². The van der Waals surface area contributed by atoms with Gasteiger partial charge in [-0.25, -0.2) is 8.42 Å². The summed E-state index contributed by atoms with van der Waals surface area (Å²) in [5.74, 6) is 0. The molecule has 8 heteroatoms. The van der Waals surface area contributed by atoms with Gasteiger partial charge in [-0.15, -0.1) is 0 Å². The van der Waals surface area contributed by atoms with Gasteiger partial charge in [-0.1, -0.05) is 53.6 Å². The smallest absolute Gasteiger partial charge is 0.269 e. The van der Waals surface area contributed by atoms with Crippen LogP contribution >= 0.6 is 22.6 Å². The lowest BCUT2D eigenvalue weighted by molar-refractivity contribution is -0.384. The average Bonchev–Trinajstić information content (AvgIpc) is 2.77. The van der Waals surface area contributed by atoms with E-state index in [1.807, 2.05) is 6.92 Å². The molecular formula is C23H26INO5S. The second-order valence-electron chi connectivity index (χ2n) is 7.73. The Morgan fingerprint density at radius 2 is 1.77 bits per heavy atom. The van der Waals surface area contributed by atoms with E-state index in [-0.39, 0.29) is 16.7 Å². The quantitative estimate of drug-likeness (QED) is 0.170. The number of aryl methyl sites for hydroxylation is 1. The van der Waals surface area contributed by atoms with E-state index in [1.165, 1.54) is 12.1 Å². The van der Waals surface area contributed by atoms with Crippen LogP contribution in [0.15, 0.2) is 63.9 Å². The van der Waals surface area contributed by atoms with E-state index >= 15 is 0 Å². The highest BCUT2D eigenvalue weighted by Gasteiger charge is 2.38. The number of hydrogen-bond donors (Lipinski definition) is 0. The molecule has 0 bridgehead atoms. The summed E-state index contributed by atoms with van der Waals surface area (Å²) in [6.45, 7) is 3.99. The van der Waals surface area contributed by atoms with Crippen molar-refractivity contribution in [1.82, 2.24) is 0 Å². The van der Waals surface area contributed by atoms with Crippen molar-refractivity contribution < 1.29 is 18.1 Å². The number of nitrogens with zero attached hydrogens (tertiary/aromatic N) is 1. The van der Waals surface area contributed by atoms with Crippen LogP contribution in [0, 0.1) is 17.0 Å². The maximum absolute atomic E-state index is 13.8. The molecular weight excluding hydrogens is 529 g/mol. The summed E-state index contributed by atoms with van der Waals surface area (Å²) in [5.41, 5.74) is 2.46. The molecule has 6 nitrogen and oxygen atoms in total. The van der Waals surface area contributed by atoms with Gasteiger partial charge in [0.05, 0.1) is 20.8 Å². The molecule has 1 heterocycles. The normalized spacial score (nSPS) is 19.5. The van der Waals surface area contributed by atoms with E-state index in [1.54, 1.807) is 36.4 Å². The Bertz CT molecular complexity index is 1060. The van der Waals surface area contributed by atoms with Crippen LogP contribution in [-0.4, -0.2) is 23.9 Å². The van der Waals surface area contributed by atoms with Crippen molar-refractivity contribution in [1.29, 1.82) is 0 Å².